The fourth-order valence-electron chi connectivity index (χ4n) is 8.71. The Balaban J connectivity index is 1.53. The predicted octanol–water partition coefficient (Wildman–Crippen LogP) is 14.5. The van der Waals surface area contributed by atoms with Gasteiger partial charge < -0.3 is 0 Å². The van der Waals surface area contributed by atoms with Crippen molar-refractivity contribution >= 4 is 0 Å². The monoisotopic (exact) mass is 798 g/mol. The minimum atomic E-state index is 0.958. The van der Waals surface area contributed by atoms with Gasteiger partial charge in [0.2, 0.25) is 0 Å². The lowest BCUT2D eigenvalue weighted by atomic mass is 10.1. The van der Waals surface area contributed by atoms with E-state index in [4.69, 9.17) is 0 Å². The summed E-state index contributed by atoms with van der Waals surface area (Å²) in [6, 6.07) is 13.8. The summed E-state index contributed by atoms with van der Waals surface area (Å²) in [6.45, 7) is 13.2. The van der Waals surface area contributed by atoms with Gasteiger partial charge in [-0.15, -0.1) is 0 Å². The first-order valence-corrected chi connectivity index (χ1v) is 25.4. The van der Waals surface area contributed by atoms with E-state index in [1.165, 1.54) is 209 Å². The van der Waals surface area contributed by atoms with Gasteiger partial charge in [0, 0.05) is 73.8 Å². The van der Waals surface area contributed by atoms with Gasteiger partial charge in [0.1, 0.15) is 19.6 Å². The zero-order valence-corrected chi connectivity index (χ0v) is 38.7. The van der Waals surface area contributed by atoms with E-state index < -0.39 is 0 Å². The number of hydrogen-bond acceptors (Lipinski definition) is 1. The van der Waals surface area contributed by atoms with Gasteiger partial charge in [-0.05, 0) is 37.5 Å². The van der Waals surface area contributed by atoms with E-state index in [0.717, 1.165) is 39.3 Å². The maximum atomic E-state index is 2.67. The van der Waals surface area contributed by atoms with Crippen molar-refractivity contribution in [3.8, 4) is 0 Å². The molecule has 0 radical (unpaired) electrons. The van der Waals surface area contributed by atoms with Crippen LogP contribution in [0.15, 0.2) is 73.6 Å². The second kappa shape index (κ2) is 35.2. The molecule has 0 spiro atoms. The number of unbranched alkanes of at least 4 members (excludes halogenated alkanes) is 27. The van der Waals surface area contributed by atoms with Crippen molar-refractivity contribution in [2.75, 3.05) is 0 Å². The van der Waals surface area contributed by atoms with Crippen molar-refractivity contribution in [2.45, 2.75) is 253 Å². The summed E-state index contributed by atoms with van der Waals surface area (Å²) in [5.74, 6) is 0. The van der Waals surface area contributed by atoms with E-state index in [-0.39, 0.29) is 0 Å². The normalized spacial score (nSPS) is 11.6. The van der Waals surface area contributed by atoms with E-state index in [9.17, 15) is 0 Å². The average molecular weight is 798 g/mol. The molecule has 0 saturated heterocycles. The lowest BCUT2D eigenvalue weighted by Gasteiger charge is -2.21. The zero-order chi connectivity index (χ0) is 41.0. The Labute approximate surface area is 360 Å². The molecule has 0 aromatic carbocycles. The molecule has 58 heavy (non-hydrogen) atoms. The highest BCUT2D eigenvalue weighted by atomic mass is 15.1. The second-order valence-corrected chi connectivity index (χ2v) is 18.0. The highest BCUT2D eigenvalue weighted by Gasteiger charge is 2.15. The molecule has 4 nitrogen and oxygen atoms in total. The Kier molecular flexibility index (Phi) is 30.2. The van der Waals surface area contributed by atoms with Gasteiger partial charge in [-0.2, -0.15) is 0 Å². The van der Waals surface area contributed by atoms with E-state index in [1.54, 1.807) is 0 Å². The third-order valence-electron chi connectivity index (χ3n) is 12.3. The Morgan fingerprint density at radius 1 is 0.310 bits per heavy atom. The topological polar surface area (TPSA) is 14.9 Å². The van der Waals surface area contributed by atoms with Crippen LogP contribution < -0.4 is 13.7 Å². The van der Waals surface area contributed by atoms with Gasteiger partial charge in [0.25, 0.3) is 0 Å². The number of nitrogens with zero attached hydrogens (tertiary/aromatic N) is 4. The fourth-order valence-corrected chi connectivity index (χ4v) is 8.71. The second-order valence-electron chi connectivity index (χ2n) is 18.0. The highest BCUT2D eigenvalue weighted by molar-refractivity contribution is 5.11. The summed E-state index contributed by atoms with van der Waals surface area (Å²) in [5, 5.41) is 0. The first kappa shape index (κ1) is 49.8. The van der Waals surface area contributed by atoms with Crippen LogP contribution in [0, 0.1) is 0 Å². The molecule has 0 aliphatic heterocycles. The summed E-state index contributed by atoms with van der Waals surface area (Å²) in [5.41, 5.74) is 4.24. The molecule has 0 unspecified atom stereocenters. The third kappa shape index (κ3) is 25.8. The Morgan fingerprint density at radius 3 is 0.776 bits per heavy atom. The molecule has 0 atom stereocenters. The van der Waals surface area contributed by atoms with Gasteiger partial charge in [0.05, 0.1) is 0 Å². The largest absolute Gasteiger partial charge is 0.290 e. The fraction of sp³-hybridized carbons (Fsp3) is 0.722. The van der Waals surface area contributed by atoms with Crippen LogP contribution in [0.2, 0.25) is 0 Å². The molecule has 326 valence electrons. The molecule has 0 amide bonds. The van der Waals surface area contributed by atoms with Crippen molar-refractivity contribution < 1.29 is 13.7 Å². The van der Waals surface area contributed by atoms with Crippen LogP contribution in [0.1, 0.15) is 230 Å². The molecule has 3 heterocycles. The van der Waals surface area contributed by atoms with Gasteiger partial charge >= 0.3 is 0 Å². The number of pyridine rings is 3. The van der Waals surface area contributed by atoms with E-state index in [2.05, 4.69) is 113 Å². The quantitative estimate of drug-likeness (QED) is 0.0414. The van der Waals surface area contributed by atoms with E-state index in [0.29, 0.717) is 0 Å². The Hall–Kier alpha value is -2.59. The molecule has 0 aliphatic rings. The van der Waals surface area contributed by atoms with E-state index >= 15 is 0 Å². The molecular formula is C54H93N4+3. The van der Waals surface area contributed by atoms with Crippen molar-refractivity contribution in [2.24, 2.45) is 0 Å². The molecule has 0 N–H and O–H groups in total. The summed E-state index contributed by atoms with van der Waals surface area (Å²) < 4.78 is 7.35. The lowest BCUT2D eigenvalue weighted by molar-refractivity contribution is -0.697. The van der Waals surface area contributed by atoms with Crippen LogP contribution in [-0.4, -0.2) is 4.90 Å². The molecule has 4 heteroatoms. The van der Waals surface area contributed by atoms with Crippen LogP contribution in [0.25, 0.3) is 0 Å². The lowest BCUT2D eigenvalue weighted by Crippen LogP contribution is -2.36. The summed E-state index contributed by atoms with van der Waals surface area (Å²) >= 11 is 0. The minimum Gasteiger partial charge on any atom is -0.290 e. The van der Waals surface area contributed by atoms with Gasteiger partial charge in [-0.3, -0.25) is 4.90 Å². The number of hydrogen-bond donors (Lipinski definition) is 0. The number of rotatable bonds is 39. The summed E-state index contributed by atoms with van der Waals surface area (Å²) in [4.78, 5) is 2.67. The minimum absolute atomic E-state index is 0.958. The maximum absolute atomic E-state index is 2.67. The van der Waals surface area contributed by atoms with Crippen molar-refractivity contribution in [3.05, 3.63) is 90.3 Å². The average Bonchev–Trinajstić information content (AvgIpc) is 3.23. The van der Waals surface area contributed by atoms with Crippen LogP contribution >= 0.6 is 0 Å². The molecular weight excluding hydrogens is 705 g/mol. The van der Waals surface area contributed by atoms with Crippen LogP contribution in [0.4, 0.5) is 0 Å². The van der Waals surface area contributed by atoms with E-state index in [1.807, 2.05) is 0 Å². The van der Waals surface area contributed by atoms with Gasteiger partial charge in [-0.25, -0.2) is 13.7 Å². The smallest absolute Gasteiger partial charge is 0.173 e. The molecule has 3 rings (SSSR count). The Bertz CT molecular complexity index is 1210. The first-order chi connectivity index (χ1) is 28.7. The van der Waals surface area contributed by atoms with Gasteiger partial charge in [-0.1, -0.05) is 175 Å². The zero-order valence-electron chi connectivity index (χ0n) is 38.7. The van der Waals surface area contributed by atoms with Crippen molar-refractivity contribution in [1.82, 2.24) is 4.90 Å². The predicted molar refractivity (Wildman–Crippen MR) is 248 cm³/mol. The van der Waals surface area contributed by atoms with Crippen LogP contribution in [0.3, 0.4) is 0 Å². The van der Waals surface area contributed by atoms with Crippen LogP contribution in [-0.2, 0) is 39.3 Å². The molecule has 0 aliphatic carbocycles. The number of aryl methyl sites for hydroxylation is 3. The summed E-state index contributed by atoms with van der Waals surface area (Å²) in [6.07, 6.45) is 55.7. The standard InChI is InChI=1S/C54H93N4/c1-4-7-10-13-16-19-22-25-28-31-40-55-43-34-37-52(46-55)49-58(50-53-38-35-44-56(47-53)41-32-29-26-23-20-17-14-11-8-5-2)51-54-39-36-45-57(48-54)42-33-30-27-24-21-18-15-12-9-6-3/h34-39,43-48H,4-33,40-42,49-51H2,1-3H3/q+3. The maximum Gasteiger partial charge on any atom is 0.173 e. The highest BCUT2D eigenvalue weighted by Crippen LogP contribution is 2.15. The van der Waals surface area contributed by atoms with Gasteiger partial charge in [0.15, 0.2) is 37.2 Å². The van der Waals surface area contributed by atoms with Crippen molar-refractivity contribution in [1.29, 1.82) is 0 Å². The van der Waals surface area contributed by atoms with Crippen LogP contribution in [0.5, 0.6) is 0 Å². The van der Waals surface area contributed by atoms with Crippen molar-refractivity contribution in [3.63, 3.8) is 0 Å². The SMILES string of the molecule is CCCCCCCCCCCC[n+]1cccc(CN(Cc2ccc[n+](CCCCCCCCCCCC)c2)Cc2ccc[n+](CCCCCCCCCCCC)c2)c1. The molecule has 0 saturated carbocycles. The molecule has 3 aromatic heterocycles. The molecule has 0 fully saturated rings. The first-order valence-electron chi connectivity index (χ1n) is 25.4. The molecule has 0 bridgehead atoms. The summed E-state index contributed by atoms with van der Waals surface area (Å²) in [7, 11) is 0. The Morgan fingerprint density at radius 2 is 0.534 bits per heavy atom. The third-order valence-corrected chi connectivity index (χ3v) is 12.3. The molecule has 3 aromatic rings. The number of aromatic nitrogens is 3.